The molecule has 1 N–H and O–H groups in total. The van der Waals surface area contributed by atoms with Gasteiger partial charge in [-0.1, -0.05) is 6.07 Å². The van der Waals surface area contributed by atoms with E-state index in [1.807, 2.05) is 0 Å². The van der Waals surface area contributed by atoms with Gasteiger partial charge in [0, 0.05) is 18.7 Å². The van der Waals surface area contributed by atoms with Crippen molar-refractivity contribution in [2.24, 2.45) is 5.92 Å². The smallest absolute Gasteiger partial charge is 0.391 e. The van der Waals surface area contributed by atoms with E-state index in [1.165, 1.54) is 17.0 Å². The number of aliphatic carboxylic acids is 1. The average molecular weight is 359 g/mol. The van der Waals surface area contributed by atoms with Crippen molar-refractivity contribution in [3.8, 4) is 5.75 Å². The van der Waals surface area contributed by atoms with Gasteiger partial charge in [0.1, 0.15) is 5.75 Å². The molecule has 25 heavy (non-hydrogen) atoms. The van der Waals surface area contributed by atoms with E-state index in [9.17, 15) is 22.8 Å². The second-order valence-corrected chi connectivity index (χ2v) is 6.17. The summed E-state index contributed by atoms with van der Waals surface area (Å²) >= 11 is 0. The predicted molar refractivity (Wildman–Crippen MR) is 83.5 cm³/mol. The zero-order chi connectivity index (χ0) is 18.6. The number of amides is 1. The molecule has 0 bridgehead atoms. The molecular formula is C17H20F3NO4. The zero-order valence-electron chi connectivity index (χ0n) is 13.8. The van der Waals surface area contributed by atoms with Crippen LogP contribution in [0.15, 0.2) is 24.3 Å². The minimum absolute atomic E-state index is 0.0214. The Morgan fingerprint density at radius 2 is 1.88 bits per heavy atom. The maximum Gasteiger partial charge on any atom is 0.391 e. The van der Waals surface area contributed by atoms with Crippen LogP contribution < -0.4 is 4.74 Å². The second-order valence-electron chi connectivity index (χ2n) is 6.17. The zero-order valence-corrected chi connectivity index (χ0v) is 13.8. The van der Waals surface area contributed by atoms with Gasteiger partial charge < -0.3 is 14.7 Å². The molecule has 0 aromatic heterocycles. The summed E-state index contributed by atoms with van der Waals surface area (Å²) in [7, 11) is 1.58. The quantitative estimate of drug-likeness (QED) is 0.876. The first-order valence-electron chi connectivity index (χ1n) is 7.97. The highest BCUT2D eigenvalue weighted by Gasteiger charge is 2.42. The lowest BCUT2D eigenvalue weighted by Gasteiger charge is -2.35. The largest absolute Gasteiger partial charge is 0.482 e. The highest BCUT2D eigenvalue weighted by atomic mass is 19.4. The fourth-order valence-electron chi connectivity index (χ4n) is 3.02. The number of nitrogens with zero attached hydrogens (tertiary/aromatic N) is 1. The predicted octanol–water partition coefficient (Wildman–Crippen LogP) is 3.34. The van der Waals surface area contributed by atoms with Crippen LogP contribution in [0, 0.1) is 5.92 Å². The third kappa shape index (κ3) is 5.11. The Kier molecular flexibility index (Phi) is 5.92. The van der Waals surface area contributed by atoms with Crippen molar-refractivity contribution in [1.82, 2.24) is 4.90 Å². The Hall–Kier alpha value is -2.25. The number of alkyl halides is 3. The molecule has 1 fully saturated rings. The first-order chi connectivity index (χ1) is 11.7. The molecular weight excluding hydrogens is 339 g/mol. The standard InChI is InChI=1S/C17H20F3NO4/c1-21(13-7-5-12(6-8-13)17(18,19)20)16(24)11-3-2-4-14(9-11)25-10-15(22)23/h2-4,9,12-13H,5-8,10H2,1H3,(H,22,23). The summed E-state index contributed by atoms with van der Waals surface area (Å²) in [4.78, 5) is 24.5. The van der Waals surface area contributed by atoms with Gasteiger partial charge in [-0.2, -0.15) is 13.2 Å². The third-order valence-electron chi connectivity index (χ3n) is 4.47. The van der Waals surface area contributed by atoms with Gasteiger partial charge in [-0.25, -0.2) is 4.79 Å². The van der Waals surface area contributed by atoms with Crippen molar-refractivity contribution in [2.45, 2.75) is 37.9 Å². The molecule has 8 heteroatoms. The van der Waals surface area contributed by atoms with Crippen molar-refractivity contribution in [3.05, 3.63) is 29.8 Å². The molecule has 1 aliphatic carbocycles. The molecule has 1 saturated carbocycles. The molecule has 1 amide bonds. The molecule has 138 valence electrons. The molecule has 0 unspecified atom stereocenters. The van der Waals surface area contributed by atoms with E-state index in [-0.39, 0.29) is 30.5 Å². The van der Waals surface area contributed by atoms with Gasteiger partial charge in [0.25, 0.3) is 5.91 Å². The average Bonchev–Trinajstić information content (AvgIpc) is 2.58. The number of carboxylic acids is 1. The minimum atomic E-state index is -4.18. The number of hydrogen-bond acceptors (Lipinski definition) is 3. The van der Waals surface area contributed by atoms with Crippen molar-refractivity contribution >= 4 is 11.9 Å². The number of hydrogen-bond donors (Lipinski definition) is 1. The first kappa shape index (κ1) is 19.1. The van der Waals surface area contributed by atoms with Crippen LogP contribution >= 0.6 is 0 Å². The number of halogens is 3. The number of carbonyl (C=O) groups excluding carboxylic acids is 1. The van der Waals surface area contributed by atoms with E-state index >= 15 is 0 Å². The Labute approximate surface area is 143 Å². The highest BCUT2D eigenvalue weighted by Crippen LogP contribution is 2.38. The monoisotopic (exact) mass is 359 g/mol. The van der Waals surface area contributed by atoms with Crippen LogP contribution in [0.2, 0.25) is 0 Å². The van der Waals surface area contributed by atoms with Crippen molar-refractivity contribution in [3.63, 3.8) is 0 Å². The lowest BCUT2D eigenvalue weighted by atomic mass is 9.85. The van der Waals surface area contributed by atoms with Crippen LogP contribution in [0.1, 0.15) is 36.0 Å². The van der Waals surface area contributed by atoms with E-state index in [0.29, 0.717) is 18.4 Å². The van der Waals surface area contributed by atoms with Crippen molar-refractivity contribution in [1.29, 1.82) is 0 Å². The number of benzene rings is 1. The van der Waals surface area contributed by atoms with E-state index in [1.54, 1.807) is 19.2 Å². The van der Waals surface area contributed by atoms with E-state index < -0.39 is 24.7 Å². The molecule has 0 radical (unpaired) electrons. The van der Waals surface area contributed by atoms with Gasteiger partial charge in [-0.05, 0) is 43.9 Å². The molecule has 0 saturated heterocycles. The Morgan fingerprint density at radius 1 is 1.24 bits per heavy atom. The summed E-state index contributed by atoms with van der Waals surface area (Å²) < 4.78 is 43.2. The number of carboxylic acid groups (broad SMARTS) is 1. The van der Waals surface area contributed by atoms with Gasteiger partial charge in [-0.3, -0.25) is 4.79 Å². The van der Waals surface area contributed by atoms with Gasteiger partial charge in [0.2, 0.25) is 0 Å². The highest BCUT2D eigenvalue weighted by molar-refractivity contribution is 5.94. The Bertz CT molecular complexity index is 625. The Morgan fingerprint density at radius 3 is 2.44 bits per heavy atom. The van der Waals surface area contributed by atoms with Crippen LogP contribution in [-0.4, -0.2) is 47.8 Å². The van der Waals surface area contributed by atoms with Gasteiger partial charge in [0.15, 0.2) is 6.61 Å². The lowest BCUT2D eigenvalue weighted by molar-refractivity contribution is -0.183. The van der Waals surface area contributed by atoms with E-state index in [4.69, 9.17) is 9.84 Å². The van der Waals surface area contributed by atoms with Crippen LogP contribution in [0.5, 0.6) is 5.75 Å². The molecule has 0 heterocycles. The fraction of sp³-hybridized carbons (Fsp3) is 0.529. The van der Waals surface area contributed by atoms with Gasteiger partial charge in [-0.15, -0.1) is 0 Å². The molecule has 1 aromatic rings. The fourth-order valence-corrected chi connectivity index (χ4v) is 3.02. The molecule has 0 spiro atoms. The van der Waals surface area contributed by atoms with Crippen molar-refractivity contribution in [2.75, 3.05) is 13.7 Å². The summed E-state index contributed by atoms with van der Waals surface area (Å²) in [5, 5.41) is 8.61. The summed E-state index contributed by atoms with van der Waals surface area (Å²) in [5.41, 5.74) is 0.309. The van der Waals surface area contributed by atoms with E-state index in [0.717, 1.165) is 0 Å². The lowest BCUT2D eigenvalue weighted by Crippen LogP contribution is -2.41. The third-order valence-corrected chi connectivity index (χ3v) is 4.47. The van der Waals surface area contributed by atoms with Gasteiger partial charge >= 0.3 is 12.1 Å². The van der Waals surface area contributed by atoms with Crippen LogP contribution in [0.3, 0.4) is 0 Å². The number of rotatable bonds is 5. The summed E-state index contributed by atoms with van der Waals surface area (Å²) in [6, 6.07) is 5.86. The molecule has 2 rings (SSSR count). The molecule has 1 aromatic carbocycles. The van der Waals surface area contributed by atoms with Crippen LogP contribution in [0.4, 0.5) is 13.2 Å². The van der Waals surface area contributed by atoms with Crippen molar-refractivity contribution < 1.29 is 32.6 Å². The summed E-state index contributed by atoms with van der Waals surface area (Å²) in [5.74, 6) is -2.49. The van der Waals surface area contributed by atoms with Gasteiger partial charge in [0.05, 0.1) is 5.92 Å². The second kappa shape index (κ2) is 7.76. The topological polar surface area (TPSA) is 66.8 Å². The summed E-state index contributed by atoms with van der Waals surface area (Å²) in [6.07, 6.45) is -3.52. The normalized spacial score (nSPS) is 20.8. The molecule has 5 nitrogen and oxygen atoms in total. The van der Waals surface area contributed by atoms with Crippen LogP contribution in [-0.2, 0) is 4.79 Å². The maximum absolute atomic E-state index is 12.7. The minimum Gasteiger partial charge on any atom is -0.482 e. The molecule has 1 aliphatic rings. The first-order valence-corrected chi connectivity index (χ1v) is 7.97. The molecule has 0 aliphatic heterocycles. The van der Waals surface area contributed by atoms with E-state index in [2.05, 4.69) is 0 Å². The maximum atomic E-state index is 12.7. The number of ether oxygens (including phenoxy) is 1. The molecule has 0 atom stereocenters. The number of carbonyl (C=O) groups is 2. The van der Waals surface area contributed by atoms with Crippen LogP contribution in [0.25, 0.3) is 0 Å². The Balaban J connectivity index is 1.98. The SMILES string of the molecule is CN(C(=O)c1cccc(OCC(=O)O)c1)C1CCC(C(F)(F)F)CC1. The summed E-state index contributed by atoms with van der Waals surface area (Å²) in [6.45, 7) is -0.519.